The van der Waals surface area contributed by atoms with Gasteiger partial charge in [0.2, 0.25) is 0 Å². The molecule has 0 aromatic heterocycles. The lowest BCUT2D eigenvalue weighted by Gasteiger charge is -2.13. The highest BCUT2D eigenvalue weighted by Gasteiger charge is 2.04. The summed E-state index contributed by atoms with van der Waals surface area (Å²) in [5, 5.41) is 3.88. The van der Waals surface area contributed by atoms with E-state index in [4.69, 9.17) is 22.1 Å². The third kappa shape index (κ3) is 3.58. The van der Waals surface area contributed by atoms with Crippen LogP contribution in [0.4, 0.5) is 17.1 Å². The third-order valence-electron chi connectivity index (χ3n) is 2.85. The maximum absolute atomic E-state index is 6.05. The van der Waals surface area contributed by atoms with E-state index in [1.165, 1.54) is 0 Å². The van der Waals surface area contributed by atoms with Gasteiger partial charge in [-0.3, -0.25) is 0 Å². The van der Waals surface area contributed by atoms with Gasteiger partial charge in [0.1, 0.15) is 5.75 Å². The van der Waals surface area contributed by atoms with Crippen molar-refractivity contribution in [3.63, 3.8) is 0 Å². The van der Waals surface area contributed by atoms with Crippen molar-refractivity contribution in [3.05, 3.63) is 47.0 Å². The molecule has 0 aliphatic rings. The van der Waals surface area contributed by atoms with Gasteiger partial charge in [0.05, 0.1) is 16.8 Å². The fraction of sp³-hybridized carbons (Fsp3) is 0.250. The minimum Gasteiger partial charge on any atom is -0.491 e. The molecule has 0 atom stereocenters. The monoisotopic (exact) mass is 290 g/mol. The molecule has 0 bridgehead atoms. The Morgan fingerprint density at radius 2 is 1.80 bits per heavy atom. The second kappa shape index (κ2) is 6.06. The number of hydrogen-bond donors (Lipinski definition) is 2. The molecule has 4 heteroatoms. The molecule has 0 aliphatic carbocycles. The van der Waals surface area contributed by atoms with Gasteiger partial charge in [-0.05, 0) is 62.7 Å². The summed E-state index contributed by atoms with van der Waals surface area (Å²) < 4.78 is 5.61. The number of rotatable bonds is 4. The first-order valence-corrected chi connectivity index (χ1v) is 6.93. The average Bonchev–Trinajstić information content (AvgIpc) is 2.37. The summed E-state index contributed by atoms with van der Waals surface area (Å²) in [5.41, 5.74) is 9.34. The van der Waals surface area contributed by atoms with Crippen molar-refractivity contribution in [1.82, 2.24) is 0 Å². The largest absolute Gasteiger partial charge is 0.491 e. The lowest BCUT2D eigenvalue weighted by molar-refractivity contribution is 0.242. The van der Waals surface area contributed by atoms with E-state index in [0.29, 0.717) is 10.7 Å². The van der Waals surface area contributed by atoms with Gasteiger partial charge >= 0.3 is 0 Å². The van der Waals surface area contributed by atoms with Crippen LogP contribution in [-0.2, 0) is 0 Å². The minimum atomic E-state index is 0.173. The summed E-state index contributed by atoms with van der Waals surface area (Å²) in [7, 11) is 0. The van der Waals surface area contributed by atoms with Crippen LogP contribution in [0, 0.1) is 6.92 Å². The van der Waals surface area contributed by atoms with Crippen LogP contribution in [0.25, 0.3) is 0 Å². The van der Waals surface area contributed by atoms with Crippen molar-refractivity contribution in [1.29, 1.82) is 0 Å². The molecule has 0 fully saturated rings. The Balaban J connectivity index is 2.16. The first-order chi connectivity index (χ1) is 9.45. The summed E-state index contributed by atoms with van der Waals surface area (Å²) in [6, 6.07) is 11.5. The molecule has 0 amide bonds. The molecule has 3 N–H and O–H groups in total. The molecule has 20 heavy (non-hydrogen) atoms. The number of nitrogen functional groups attached to an aromatic ring is 1. The molecule has 2 aromatic carbocycles. The molecule has 106 valence electrons. The predicted octanol–water partition coefficient (Wildman–Crippen LogP) is 4.76. The second-order valence-electron chi connectivity index (χ2n) is 5.00. The van der Waals surface area contributed by atoms with Crippen molar-refractivity contribution < 1.29 is 4.74 Å². The zero-order valence-electron chi connectivity index (χ0n) is 11.9. The maximum atomic E-state index is 6.05. The Morgan fingerprint density at radius 1 is 1.15 bits per heavy atom. The molecule has 3 nitrogen and oxygen atoms in total. The molecular formula is C16H19ClN2O. The van der Waals surface area contributed by atoms with Crippen molar-refractivity contribution in [2.45, 2.75) is 26.9 Å². The summed E-state index contributed by atoms with van der Waals surface area (Å²) in [6.45, 7) is 6.00. The van der Waals surface area contributed by atoms with Gasteiger partial charge in [0.15, 0.2) is 0 Å². The van der Waals surface area contributed by atoms with Gasteiger partial charge in [0, 0.05) is 11.4 Å². The summed E-state index contributed by atoms with van der Waals surface area (Å²) in [4.78, 5) is 0. The third-order valence-corrected chi connectivity index (χ3v) is 3.18. The van der Waals surface area contributed by atoms with Gasteiger partial charge in [-0.25, -0.2) is 0 Å². The second-order valence-corrected chi connectivity index (χ2v) is 5.41. The zero-order chi connectivity index (χ0) is 14.7. The zero-order valence-corrected chi connectivity index (χ0v) is 12.7. The molecule has 0 aliphatic heterocycles. The number of ether oxygens (including phenoxy) is 1. The van der Waals surface area contributed by atoms with E-state index in [2.05, 4.69) is 5.32 Å². The van der Waals surface area contributed by atoms with E-state index in [1.807, 2.05) is 57.2 Å². The van der Waals surface area contributed by atoms with Crippen LogP contribution in [0.5, 0.6) is 5.75 Å². The fourth-order valence-electron chi connectivity index (χ4n) is 1.88. The van der Waals surface area contributed by atoms with Crippen molar-refractivity contribution in [2.75, 3.05) is 11.1 Å². The molecule has 2 aromatic rings. The molecule has 0 unspecified atom stereocenters. The highest BCUT2D eigenvalue weighted by Crippen LogP contribution is 2.29. The van der Waals surface area contributed by atoms with Crippen LogP contribution >= 0.6 is 11.6 Å². The van der Waals surface area contributed by atoms with Crippen molar-refractivity contribution in [3.8, 4) is 5.75 Å². The van der Waals surface area contributed by atoms with E-state index in [9.17, 15) is 0 Å². The number of hydrogen-bond acceptors (Lipinski definition) is 3. The summed E-state index contributed by atoms with van der Waals surface area (Å²) >= 11 is 6.05. The highest BCUT2D eigenvalue weighted by atomic mass is 35.5. The normalized spacial score (nSPS) is 10.7. The lowest BCUT2D eigenvalue weighted by Crippen LogP contribution is -2.05. The molecular weight excluding hydrogens is 272 g/mol. The standard InChI is InChI=1S/C16H19ClN2O/c1-10(2)20-13-6-4-12(5-7-13)19-16-9-14(17)15(18)8-11(16)3/h4-10,19H,18H2,1-3H3. The van der Waals surface area contributed by atoms with Gasteiger partial charge in [-0.15, -0.1) is 0 Å². The van der Waals surface area contributed by atoms with E-state index in [0.717, 1.165) is 22.7 Å². The van der Waals surface area contributed by atoms with Crippen molar-refractivity contribution in [2.24, 2.45) is 0 Å². The van der Waals surface area contributed by atoms with Gasteiger partial charge in [-0.1, -0.05) is 11.6 Å². The maximum Gasteiger partial charge on any atom is 0.119 e. The quantitative estimate of drug-likeness (QED) is 0.798. The molecule has 0 spiro atoms. The molecule has 0 saturated heterocycles. The number of halogens is 1. The summed E-state index contributed by atoms with van der Waals surface area (Å²) in [5.74, 6) is 0.859. The number of benzene rings is 2. The Morgan fingerprint density at radius 3 is 2.40 bits per heavy atom. The fourth-order valence-corrected chi connectivity index (χ4v) is 2.05. The lowest BCUT2D eigenvalue weighted by atomic mass is 10.1. The number of nitrogens with one attached hydrogen (secondary N) is 1. The Hall–Kier alpha value is -1.87. The van der Waals surface area contributed by atoms with E-state index in [1.54, 1.807) is 0 Å². The number of aryl methyl sites for hydroxylation is 1. The highest BCUT2D eigenvalue weighted by molar-refractivity contribution is 6.33. The van der Waals surface area contributed by atoms with Crippen molar-refractivity contribution >= 4 is 28.7 Å². The molecule has 0 heterocycles. The van der Waals surface area contributed by atoms with Crippen LogP contribution in [0.2, 0.25) is 5.02 Å². The van der Waals surface area contributed by atoms with Crippen LogP contribution in [-0.4, -0.2) is 6.10 Å². The smallest absolute Gasteiger partial charge is 0.119 e. The first-order valence-electron chi connectivity index (χ1n) is 6.55. The Kier molecular flexibility index (Phi) is 4.40. The van der Waals surface area contributed by atoms with E-state index >= 15 is 0 Å². The number of anilines is 3. The minimum absolute atomic E-state index is 0.173. The van der Waals surface area contributed by atoms with Gasteiger partial charge in [-0.2, -0.15) is 0 Å². The molecule has 0 radical (unpaired) electrons. The molecule has 2 rings (SSSR count). The topological polar surface area (TPSA) is 47.3 Å². The van der Waals surface area contributed by atoms with Gasteiger partial charge < -0.3 is 15.8 Å². The van der Waals surface area contributed by atoms with E-state index in [-0.39, 0.29) is 6.10 Å². The first kappa shape index (κ1) is 14.5. The Bertz CT molecular complexity index is 594. The van der Waals surface area contributed by atoms with Crippen LogP contribution in [0.1, 0.15) is 19.4 Å². The summed E-state index contributed by atoms with van der Waals surface area (Å²) in [6.07, 6.45) is 0.173. The Labute approximate surface area is 124 Å². The van der Waals surface area contributed by atoms with Crippen LogP contribution in [0.15, 0.2) is 36.4 Å². The SMILES string of the molecule is Cc1cc(N)c(Cl)cc1Nc1ccc(OC(C)C)cc1. The molecule has 0 saturated carbocycles. The predicted molar refractivity (Wildman–Crippen MR) is 86.1 cm³/mol. The van der Waals surface area contributed by atoms with Crippen LogP contribution < -0.4 is 15.8 Å². The average molecular weight is 291 g/mol. The number of nitrogens with two attached hydrogens (primary N) is 1. The van der Waals surface area contributed by atoms with Gasteiger partial charge in [0.25, 0.3) is 0 Å². The van der Waals surface area contributed by atoms with E-state index < -0.39 is 0 Å². The van der Waals surface area contributed by atoms with Crippen LogP contribution in [0.3, 0.4) is 0 Å².